The molecule has 1 amide bonds. The van der Waals surface area contributed by atoms with Crippen LogP contribution in [0.1, 0.15) is 23.8 Å². The number of carbonyl (C=O) groups excluding carboxylic acids is 1. The van der Waals surface area contributed by atoms with Gasteiger partial charge in [-0.15, -0.1) is 0 Å². The summed E-state index contributed by atoms with van der Waals surface area (Å²) in [5.41, 5.74) is 1.21. The minimum atomic E-state index is -0.207. The zero-order valence-electron chi connectivity index (χ0n) is 10.3. The second kappa shape index (κ2) is 5.60. The smallest absolute Gasteiger partial charge is 0.270 e. The molecule has 1 heterocycles. The fourth-order valence-corrected chi connectivity index (χ4v) is 1.76. The van der Waals surface area contributed by atoms with Crippen LogP contribution in [-0.4, -0.2) is 28.6 Å². The predicted molar refractivity (Wildman–Crippen MR) is 70.4 cm³/mol. The molecular weight excluding hydrogens is 228 g/mol. The normalized spacial score (nSPS) is 12.3. The van der Waals surface area contributed by atoms with E-state index in [0.29, 0.717) is 12.1 Å². The van der Waals surface area contributed by atoms with Gasteiger partial charge in [-0.3, -0.25) is 4.79 Å². The molecule has 0 saturated carbocycles. The van der Waals surface area contributed by atoms with Gasteiger partial charge in [-0.05, 0) is 25.5 Å². The third-order valence-corrected chi connectivity index (χ3v) is 2.77. The Morgan fingerprint density at radius 3 is 2.89 bits per heavy atom. The molecule has 0 radical (unpaired) electrons. The Bertz CT molecular complexity index is 554. The predicted octanol–water partition coefficient (Wildman–Crippen LogP) is 1.74. The largest absolute Gasteiger partial charge is 0.396 e. The Balaban J connectivity index is 2.17. The van der Waals surface area contributed by atoms with Gasteiger partial charge >= 0.3 is 0 Å². The average molecular weight is 244 g/mol. The first-order chi connectivity index (χ1) is 8.70. The Morgan fingerprint density at radius 1 is 1.33 bits per heavy atom. The highest BCUT2D eigenvalue weighted by Crippen LogP contribution is 2.11. The molecule has 0 aliphatic heterocycles. The number of amides is 1. The van der Waals surface area contributed by atoms with Gasteiger partial charge in [0.15, 0.2) is 0 Å². The highest BCUT2D eigenvalue weighted by molar-refractivity contribution is 5.94. The maximum atomic E-state index is 11.9. The van der Waals surface area contributed by atoms with E-state index in [1.807, 2.05) is 37.3 Å². The third-order valence-electron chi connectivity index (χ3n) is 2.77. The number of pyridine rings is 1. The number of aliphatic hydroxyl groups excluding tert-OH is 1. The van der Waals surface area contributed by atoms with E-state index in [4.69, 9.17) is 5.11 Å². The zero-order chi connectivity index (χ0) is 13.0. The summed E-state index contributed by atoms with van der Waals surface area (Å²) in [5.74, 6) is -0.207. The number of hydrogen-bond acceptors (Lipinski definition) is 3. The average Bonchev–Trinajstić information content (AvgIpc) is 2.38. The molecule has 1 atom stereocenters. The van der Waals surface area contributed by atoms with Gasteiger partial charge in [-0.1, -0.05) is 24.3 Å². The molecular formula is C14H16N2O2. The van der Waals surface area contributed by atoms with Crippen molar-refractivity contribution in [3.05, 3.63) is 42.1 Å². The maximum Gasteiger partial charge on any atom is 0.270 e. The van der Waals surface area contributed by atoms with Crippen molar-refractivity contribution in [1.29, 1.82) is 0 Å². The van der Waals surface area contributed by atoms with Crippen LogP contribution in [0.25, 0.3) is 10.9 Å². The number of aliphatic hydroxyl groups is 1. The SMILES string of the molecule is C[C@H](CCO)NC(=O)c1ccc2ccccc2n1. The number of hydrogen-bond donors (Lipinski definition) is 2. The maximum absolute atomic E-state index is 11.9. The van der Waals surface area contributed by atoms with E-state index >= 15 is 0 Å². The van der Waals surface area contributed by atoms with Crippen molar-refractivity contribution in [3.63, 3.8) is 0 Å². The van der Waals surface area contributed by atoms with Crippen LogP contribution in [0.15, 0.2) is 36.4 Å². The first-order valence-electron chi connectivity index (χ1n) is 5.98. The van der Waals surface area contributed by atoms with Crippen LogP contribution in [0.3, 0.4) is 0 Å². The lowest BCUT2D eigenvalue weighted by atomic mass is 10.2. The van der Waals surface area contributed by atoms with E-state index in [1.54, 1.807) is 6.07 Å². The van der Waals surface area contributed by atoms with Crippen molar-refractivity contribution in [3.8, 4) is 0 Å². The number of rotatable bonds is 4. The molecule has 2 aromatic rings. The molecule has 4 heteroatoms. The lowest BCUT2D eigenvalue weighted by molar-refractivity contribution is 0.0929. The quantitative estimate of drug-likeness (QED) is 0.861. The van der Waals surface area contributed by atoms with Crippen LogP contribution in [0.5, 0.6) is 0 Å². The molecule has 1 aromatic heterocycles. The van der Waals surface area contributed by atoms with Gasteiger partial charge in [-0.25, -0.2) is 4.98 Å². The van der Waals surface area contributed by atoms with Crippen molar-refractivity contribution >= 4 is 16.8 Å². The second-order valence-electron chi connectivity index (χ2n) is 4.28. The Hall–Kier alpha value is -1.94. The molecule has 1 aromatic carbocycles. The van der Waals surface area contributed by atoms with E-state index in [9.17, 15) is 4.79 Å². The lowest BCUT2D eigenvalue weighted by Crippen LogP contribution is -2.33. The summed E-state index contributed by atoms with van der Waals surface area (Å²) in [7, 11) is 0. The summed E-state index contributed by atoms with van der Waals surface area (Å²) in [4.78, 5) is 16.2. The van der Waals surface area contributed by atoms with Crippen LogP contribution in [-0.2, 0) is 0 Å². The van der Waals surface area contributed by atoms with Crippen molar-refractivity contribution in [1.82, 2.24) is 10.3 Å². The number of nitrogens with zero attached hydrogens (tertiary/aromatic N) is 1. The molecule has 94 valence electrons. The van der Waals surface area contributed by atoms with E-state index in [-0.39, 0.29) is 18.6 Å². The fraction of sp³-hybridized carbons (Fsp3) is 0.286. The Kier molecular flexibility index (Phi) is 3.89. The van der Waals surface area contributed by atoms with Gasteiger partial charge in [0.25, 0.3) is 5.91 Å². The first kappa shape index (κ1) is 12.5. The third kappa shape index (κ3) is 2.84. The van der Waals surface area contributed by atoms with Crippen molar-refractivity contribution in [2.45, 2.75) is 19.4 Å². The Labute approximate surface area is 106 Å². The molecule has 2 N–H and O–H groups in total. The van der Waals surface area contributed by atoms with E-state index in [0.717, 1.165) is 10.9 Å². The summed E-state index contributed by atoms with van der Waals surface area (Å²) in [6, 6.07) is 11.2. The monoisotopic (exact) mass is 244 g/mol. The summed E-state index contributed by atoms with van der Waals surface area (Å²) < 4.78 is 0. The number of nitrogens with one attached hydrogen (secondary N) is 1. The molecule has 0 aliphatic carbocycles. The first-order valence-corrected chi connectivity index (χ1v) is 5.98. The van der Waals surface area contributed by atoms with Gasteiger partial charge in [0.05, 0.1) is 5.52 Å². The van der Waals surface area contributed by atoms with Gasteiger partial charge in [0.1, 0.15) is 5.69 Å². The minimum Gasteiger partial charge on any atom is -0.396 e. The molecule has 2 rings (SSSR count). The summed E-state index contributed by atoms with van der Waals surface area (Å²) >= 11 is 0. The number of aromatic nitrogens is 1. The molecule has 0 aliphatic rings. The summed E-state index contributed by atoms with van der Waals surface area (Å²) in [6.45, 7) is 1.92. The molecule has 0 saturated heterocycles. The van der Waals surface area contributed by atoms with Crippen LogP contribution < -0.4 is 5.32 Å². The molecule has 0 spiro atoms. The number of para-hydroxylation sites is 1. The van der Waals surface area contributed by atoms with E-state index in [2.05, 4.69) is 10.3 Å². The van der Waals surface area contributed by atoms with Crippen LogP contribution in [0.2, 0.25) is 0 Å². The topological polar surface area (TPSA) is 62.2 Å². The van der Waals surface area contributed by atoms with E-state index < -0.39 is 0 Å². The zero-order valence-corrected chi connectivity index (χ0v) is 10.3. The second-order valence-corrected chi connectivity index (χ2v) is 4.28. The van der Waals surface area contributed by atoms with Crippen molar-refractivity contribution in [2.24, 2.45) is 0 Å². The summed E-state index contributed by atoms with van der Waals surface area (Å²) in [5, 5.41) is 12.6. The fourth-order valence-electron chi connectivity index (χ4n) is 1.76. The molecule has 4 nitrogen and oxygen atoms in total. The minimum absolute atomic E-state index is 0.0595. The molecule has 0 bridgehead atoms. The van der Waals surface area contributed by atoms with Crippen LogP contribution in [0.4, 0.5) is 0 Å². The number of fused-ring (bicyclic) bond motifs is 1. The number of benzene rings is 1. The lowest BCUT2D eigenvalue weighted by Gasteiger charge is -2.12. The molecule has 18 heavy (non-hydrogen) atoms. The van der Waals surface area contributed by atoms with Gasteiger partial charge in [-0.2, -0.15) is 0 Å². The Morgan fingerprint density at radius 2 is 2.11 bits per heavy atom. The summed E-state index contributed by atoms with van der Waals surface area (Å²) in [6.07, 6.45) is 0.541. The van der Waals surface area contributed by atoms with Gasteiger partial charge in [0, 0.05) is 18.0 Å². The van der Waals surface area contributed by atoms with Crippen molar-refractivity contribution < 1.29 is 9.90 Å². The van der Waals surface area contributed by atoms with Crippen LogP contribution >= 0.6 is 0 Å². The highest BCUT2D eigenvalue weighted by atomic mass is 16.3. The molecule has 0 fully saturated rings. The van der Waals surface area contributed by atoms with Gasteiger partial charge in [0.2, 0.25) is 0 Å². The van der Waals surface area contributed by atoms with Crippen LogP contribution in [0, 0.1) is 0 Å². The molecule has 0 unspecified atom stereocenters. The van der Waals surface area contributed by atoms with Gasteiger partial charge < -0.3 is 10.4 Å². The highest BCUT2D eigenvalue weighted by Gasteiger charge is 2.10. The standard InChI is InChI=1S/C14H16N2O2/c1-10(8-9-17)15-14(18)13-7-6-11-4-2-3-5-12(11)16-13/h2-7,10,17H,8-9H2,1H3,(H,15,18)/t10-/m1/s1. The van der Waals surface area contributed by atoms with Crippen molar-refractivity contribution in [2.75, 3.05) is 6.61 Å². The van der Waals surface area contributed by atoms with E-state index in [1.165, 1.54) is 0 Å². The number of carbonyl (C=O) groups is 1.